The number of hydrogen-bond acceptors (Lipinski definition) is 5. The van der Waals surface area contributed by atoms with Crippen LogP contribution in [0.5, 0.6) is 0 Å². The lowest BCUT2D eigenvalue weighted by atomic mass is 10.0. The number of nitrogens with one attached hydrogen (secondary N) is 1. The Bertz CT molecular complexity index is 1170. The molecular formula is C25H26N4OS2. The van der Waals surface area contributed by atoms with E-state index in [1.165, 1.54) is 16.6 Å². The fourth-order valence-corrected chi connectivity index (χ4v) is 5.04. The molecule has 32 heavy (non-hydrogen) atoms. The van der Waals surface area contributed by atoms with Gasteiger partial charge in [0.1, 0.15) is 5.82 Å². The molecule has 0 saturated carbocycles. The quantitative estimate of drug-likeness (QED) is 0.319. The average Bonchev–Trinajstić information content (AvgIpc) is 3.45. The van der Waals surface area contributed by atoms with E-state index in [1.54, 1.807) is 11.3 Å². The zero-order valence-corrected chi connectivity index (χ0v) is 20.0. The van der Waals surface area contributed by atoms with E-state index in [0.29, 0.717) is 17.5 Å². The van der Waals surface area contributed by atoms with Crippen LogP contribution in [0.1, 0.15) is 43.0 Å². The van der Waals surface area contributed by atoms with Crippen molar-refractivity contribution in [1.82, 2.24) is 14.8 Å². The monoisotopic (exact) mass is 462 g/mol. The van der Waals surface area contributed by atoms with E-state index in [-0.39, 0.29) is 11.2 Å². The largest absolute Gasteiger partial charge is 0.325 e. The molecule has 4 aromatic rings. The second-order valence-electron chi connectivity index (χ2n) is 7.82. The van der Waals surface area contributed by atoms with E-state index >= 15 is 0 Å². The van der Waals surface area contributed by atoms with E-state index in [2.05, 4.69) is 51.4 Å². The molecule has 1 N–H and O–H groups in total. The molecule has 0 bridgehead atoms. The van der Waals surface area contributed by atoms with Gasteiger partial charge in [0.05, 0.1) is 5.25 Å². The molecule has 0 aliphatic rings. The average molecular weight is 463 g/mol. The second-order valence-corrected chi connectivity index (χ2v) is 10.2. The summed E-state index contributed by atoms with van der Waals surface area (Å²) in [6, 6.07) is 22.2. The van der Waals surface area contributed by atoms with Crippen LogP contribution in [0.2, 0.25) is 0 Å². The summed E-state index contributed by atoms with van der Waals surface area (Å²) >= 11 is 3.12. The number of carbonyl (C=O) groups is 1. The molecule has 2 aromatic carbocycles. The number of rotatable bonds is 8. The van der Waals surface area contributed by atoms with Crippen LogP contribution in [-0.4, -0.2) is 25.9 Å². The summed E-state index contributed by atoms with van der Waals surface area (Å²) < 4.78 is 2.05. The van der Waals surface area contributed by atoms with Crippen LogP contribution >= 0.6 is 23.1 Å². The van der Waals surface area contributed by atoms with Gasteiger partial charge in [-0.1, -0.05) is 68.1 Å². The smallest absolute Gasteiger partial charge is 0.237 e. The first kappa shape index (κ1) is 22.3. The summed E-state index contributed by atoms with van der Waals surface area (Å²) in [4.78, 5) is 14.2. The number of benzene rings is 2. The highest BCUT2D eigenvalue weighted by atomic mass is 32.2. The highest BCUT2D eigenvalue weighted by molar-refractivity contribution is 8.00. The van der Waals surface area contributed by atoms with Crippen molar-refractivity contribution in [2.45, 2.75) is 43.5 Å². The Morgan fingerprint density at radius 2 is 1.75 bits per heavy atom. The van der Waals surface area contributed by atoms with Crippen LogP contribution in [0, 0.1) is 0 Å². The molecule has 0 fully saturated rings. The van der Waals surface area contributed by atoms with Gasteiger partial charge in [0.2, 0.25) is 5.91 Å². The molecule has 4 rings (SSSR count). The van der Waals surface area contributed by atoms with Crippen LogP contribution < -0.4 is 5.32 Å². The number of anilines is 1. The molecule has 2 aromatic heterocycles. The molecule has 0 aliphatic carbocycles. The lowest BCUT2D eigenvalue weighted by Gasteiger charge is -2.17. The van der Waals surface area contributed by atoms with Crippen LogP contribution in [0.25, 0.3) is 5.69 Å². The van der Waals surface area contributed by atoms with Crippen molar-refractivity contribution in [3.63, 3.8) is 0 Å². The van der Waals surface area contributed by atoms with Crippen LogP contribution in [0.15, 0.2) is 77.3 Å². The van der Waals surface area contributed by atoms with Crippen LogP contribution in [-0.2, 0) is 11.2 Å². The van der Waals surface area contributed by atoms with Gasteiger partial charge in [0, 0.05) is 22.7 Å². The van der Waals surface area contributed by atoms with E-state index in [4.69, 9.17) is 0 Å². The Morgan fingerprint density at radius 1 is 1.00 bits per heavy atom. The fourth-order valence-electron chi connectivity index (χ4n) is 3.46. The lowest BCUT2D eigenvalue weighted by molar-refractivity contribution is -0.115. The molecule has 0 radical (unpaired) electrons. The van der Waals surface area contributed by atoms with Gasteiger partial charge < -0.3 is 5.32 Å². The summed E-state index contributed by atoms with van der Waals surface area (Å²) in [5.41, 5.74) is 2.98. The summed E-state index contributed by atoms with van der Waals surface area (Å²) in [5.74, 6) is 1.14. The van der Waals surface area contributed by atoms with Gasteiger partial charge in [-0.2, -0.15) is 0 Å². The maximum Gasteiger partial charge on any atom is 0.237 e. The van der Waals surface area contributed by atoms with Crippen LogP contribution in [0.4, 0.5) is 5.69 Å². The molecule has 7 heteroatoms. The zero-order chi connectivity index (χ0) is 22.5. The Morgan fingerprint density at radius 3 is 2.47 bits per heavy atom. The van der Waals surface area contributed by atoms with E-state index in [9.17, 15) is 4.79 Å². The third-order valence-corrected chi connectivity index (χ3v) is 7.04. The first-order valence-corrected chi connectivity index (χ1v) is 12.4. The molecule has 0 saturated heterocycles. The SMILES string of the molecule is CC(Sc1nnc(Cc2cccs2)n1-c1ccccc1)C(=O)Nc1ccccc1C(C)C. The first-order chi connectivity index (χ1) is 15.5. The molecule has 5 nitrogen and oxygen atoms in total. The third-order valence-electron chi connectivity index (χ3n) is 5.12. The maximum absolute atomic E-state index is 13.0. The fraction of sp³-hybridized carbons (Fsp3) is 0.240. The molecule has 0 aliphatic heterocycles. The van der Waals surface area contributed by atoms with Gasteiger partial charge in [0.15, 0.2) is 5.16 Å². The van der Waals surface area contributed by atoms with Crippen molar-refractivity contribution in [1.29, 1.82) is 0 Å². The topological polar surface area (TPSA) is 59.8 Å². The Kier molecular flexibility index (Phi) is 7.07. The second kappa shape index (κ2) is 10.1. The highest BCUT2D eigenvalue weighted by Gasteiger charge is 2.22. The summed E-state index contributed by atoms with van der Waals surface area (Å²) in [6.07, 6.45) is 0.697. The number of thioether (sulfide) groups is 1. The van der Waals surface area contributed by atoms with Crippen molar-refractivity contribution < 1.29 is 4.79 Å². The van der Waals surface area contributed by atoms with Gasteiger partial charge >= 0.3 is 0 Å². The standard InChI is InChI=1S/C25H26N4OS2/c1-17(2)21-13-7-8-14-22(21)26-24(30)18(3)32-25-28-27-23(16-20-12-9-15-31-20)29(25)19-10-5-4-6-11-19/h4-15,17-18H,16H2,1-3H3,(H,26,30). The zero-order valence-electron chi connectivity index (χ0n) is 18.4. The Balaban J connectivity index is 1.57. The summed E-state index contributed by atoms with van der Waals surface area (Å²) in [5, 5.41) is 14.5. The van der Waals surface area contributed by atoms with Crippen molar-refractivity contribution in [2.75, 3.05) is 5.32 Å². The minimum absolute atomic E-state index is 0.0504. The van der Waals surface area contributed by atoms with Gasteiger partial charge in [-0.3, -0.25) is 9.36 Å². The molecule has 1 unspecified atom stereocenters. The number of aromatic nitrogens is 3. The van der Waals surface area contributed by atoms with Gasteiger partial charge in [-0.15, -0.1) is 21.5 Å². The van der Waals surface area contributed by atoms with Crippen LogP contribution in [0.3, 0.4) is 0 Å². The predicted octanol–water partition coefficient (Wildman–Crippen LogP) is 6.16. The first-order valence-electron chi connectivity index (χ1n) is 10.6. The molecule has 164 valence electrons. The van der Waals surface area contributed by atoms with Crippen molar-refractivity contribution in [3.05, 3.63) is 88.4 Å². The normalized spacial score (nSPS) is 12.1. The predicted molar refractivity (Wildman–Crippen MR) is 133 cm³/mol. The number of nitrogens with zero attached hydrogens (tertiary/aromatic N) is 3. The lowest BCUT2D eigenvalue weighted by Crippen LogP contribution is -2.23. The highest BCUT2D eigenvalue weighted by Crippen LogP contribution is 2.29. The molecule has 1 amide bonds. The Labute approximate surface area is 196 Å². The van der Waals surface area contributed by atoms with Crippen molar-refractivity contribution >= 4 is 34.7 Å². The molecular weight excluding hydrogens is 436 g/mol. The van der Waals surface area contributed by atoms with E-state index < -0.39 is 0 Å². The molecule has 2 heterocycles. The summed E-state index contributed by atoms with van der Waals surface area (Å²) in [6.45, 7) is 6.15. The number of para-hydroxylation sites is 2. The Hall–Kier alpha value is -2.90. The minimum Gasteiger partial charge on any atom is -0.325 e. The number of hydrogen-bond donors (Lipinski definition) is 1. The summed E-state index contributed by atoms with van der Waals surface area (Å²) in [7, 11) is 0. The molecule has 1 atom stereocenters. The van der Waals surface area contributed by atoms with Crippen molar-refractivity contribution in [3.8, 4) is 5.69 Å². The van der Waals surface area contributed by atoms with Gasteiger partial charge in [0.25, 0.3) is 0 Å². The number of carbonyl (C=O) groups excluding carboxylic acids is 1. The minimum atomic E-state index is -0.337. The van der Waals surface area contributed by atoms with E-state index in [0.717, 1.165) is 22.8 Å². The van der Waals surface area contributed by atoms with Gasteiger partial charge in [-0.25, -0.2) is 0 Å². The van der Waals surface area contributed by atoms with Crippen molar-refractivity contribution in [2.24, 2.45) is 0 Å². The molecule has 0 spiro atoms. The number of amides is 1. The van der Waals surface area contributed by atoms with Gasteiger partial charge in [-0.05, 0) is 48.1 Å². The maximum atomic E-state index is 13.0. The number of thiophene rings is 1. The van der Waals surface area contributed by atoms with E-state index in [1.807, 2.05) is 61.5 Å². The third kappa shape index (κ3) is 5.11.